The van der Waals surface area contributed by atoms with Crippen LogP contribution in [0.1, 0.15) is 56.0 Å². The summed E-state index contributed by atoms with van der Waals surface area (Å²) in [6, 6.07) is 0. The van der Waals surface area contributed by atoms with Crippen LogP contribution in [0.3, 0.4) is 0 Å². The van der Waals surface area contributed by atoms with E-state index in [-0.39, 0.29) is 6.61 Å². The average molecular weight is 195 g/mol. The molecule has 3 nitrogen and oxygen atoms in total. The molecule has 0 aromatic carbocycles. The lowest BCUT2D eigenvalue weighted by atomic mass is 9.97. The molecule has 0 radical (unpaired) electrons. The normalized spacial score (nSPS) is 19.5. The van der Waals surface area contributed by atoms with E-state index in [1.165, 1.54) is 38.5 Å². The number of aromatic nitrogens is 1. The molecule has 0 unspecified atom stereocenters. The Morgan fingerprint density at radius 3 is 2.57 bits per heavy atom. The Morgan fingerprint density at radius 2 is 2.00 bits per heavy atom. The fourth-order valence-electron chi connectivity index (χ4n) is 2.16. The monoisotopic (exact) mass is 195 g/mol. The third kappa shape index (κ3) is 2.15. The van der Waals surface area contributed by atoms with E-state index in [0.29, 0.717) is 11.8 Å². The lowest BCUT2D eigenvalue weighted by Crippen LogP contribution is -1.97. The molecule has 0 amide bonds. The largest absolute Gasteiger partial charge is 0.446 e. The van der Waals surface area contributed by atoms with Gasteiger partial charge in [0.1, 0.15) is 12.9 Å². The Labute approximate surface area is 84.2 Å². The minimum Gasteiger partial charge on any atom is -0.446 e. The summed E-state index contributed by atoms with van der Waals surface area (Å²) >= 11 is 0. The third-order valence-corrected chi connectivity index (χ3v) is 2.98. The predicted molar refractivity (Wildman–Crippen MR) is 52.9 cm³/mol. The molecule has 0 atom stereocenters. The highest BCUT2D eigenvalue weighted by Gasteiger charge is 2.17. The second-order valence-corrected chi connectivity index (χ2v) is 4.01. The highest BCUT2D eigenvalue weighted by Crippen LogP contribution is 2.30. The van der Waals surface area contributed by atoms with Gasteiger partial charge in [-0.1, -0.05) is 25.7 Å². The number of hydrogen-bond acceptors (Lipinski definition) is 3. The van der Waals surface area contributed by atoms with Gasteiger partial charge in [-0.05, 0) is 12.8 Å². The van der Waals surface area contributed by atoms with Gasteiger partial charge in [0.2, 0.25) is 5.89 Å². The van der Waals surface area contributed by atoms with Crippen LogP contribution in [0.5, 0.6) is 0 Å². The van der Waals surface area contributed by atoms with Crippen molar-refractivity contribution in [2.45, 2.75) is 51.0 Å². The zero-order valence-electron chi connectivity index (χ0n) is 8.41. The smallest absolute Gasteiger partial charge is 0.219 e. The third-order valence-electron chi connectivity index (χ3n) is 2.98. The molecule has 1 N–H and O–H groups in total. The highest BCUT2D eigenvalue weighted by molar-refractivity contribution is 5.04. The van der Waals surface area contributed by atoms with Crippen LogP contribution in [0.4, 0.5) is 0 Å². The van der Waals surface area contributed by atoms with Crippen molar-refractivity contribution < 1.29 is 9.52 Å². The van der Waals surface area contributed by atoms with E-state index in [1.54, 1.807) is 6.26 Å². The van der Waals surface area contributed by atoms with Gasteiger partial charge in [0, 0.05) is 5.92 Å². The molecule has 0 spiro atoms. The van der Waals surface area contributed by atoms with Crippen LogP contribution in [0.2, 0.25) is 0 Å². The molecule has 1 aliphatic rings. The quantitative estimate of drug-likeness (QED) is 0.738. The molecule has 3 heteroatoms. The van der Waals surface area contributed by atoms with Crippen molar-refractivity contribution in [1.29, 1.82) is 0 Å². The Balaban J connectivity index is 2.04. The molecule has 1 heterocycles. The molecular formula is C11H17NO2. The van der Waals surface area contributed by atoms with E-state index in [0.717, 1.165) is 5.69 Å². The van der Waals surface area contributed by atoms with E-state index in [2.05, 4.69) is 4.98 Å². The van der Waals surface area contributed by atoms with Crippen LogP contribution >= 0.6 is 0 Å². The van der Waals surface area contributed by atoms with Gasteiger partial charge in [-0.15, -0.1) is 0 Å². The van der Waals surface area contributed by atoms with E-state index < -0.39 is 0 Å². The number of aliphatic hydroxyl groups excluding tert-OH is 1. The zero-order chi connectivity index (χ0) is 9.80. The van der Waals surface area contributed by atoms with Gasteiger partial charge in [-0.25, -0.2) is 4.98 Å². The first-order chi connectivity index (χ1) is 6.90. The first-order valence-corrected chi connectivity index (χ1v) is 5.45. The fourth-order valence-corrected chi connectivity index (χ4v) is 2.16. The van der Waals surface area contributed by atoms with E-state index in [1.807, 2.05) is 0 Å². The Bertz CT molecular complexity index is 275. The summed E-state index contributed by atoms with van der Waals surface area (Å²) in [4.78, 5) is 4.28. The van der Waals surface area contributed by atoms with Crippen molar-refractivity contribution in [3.63, 3.8) is 0 Å². The molecule has 78 valence electrons. The maximum Gasteiger partial charge on any atom is 0.219 e. The van der Waals surface area contributed by atoms with Crippen LogP contribution in [-0.2, 0) is 6.61 Å². The summed E-state index contributed by atoms with van der Waals surface area (Å²) in [6.07, 6.45) is 9.44. The predicted octanol–water partition coefficient (Wildman–Crippen LogP) is 2.60. The molecule has 0 bridgehead atoms. The maximum atomic E-state index is 8.85. The average Bonchev–Trinajstić information content (AvgIpc) is 2.53. The first-order valence-electron chi connectivity index (χ1n) is 5.45. The van der Waals surface area contributed by atoms with Crippen molar-refractivity contribution in [3.8, 4) is 0 Å². The number of rotatable bonds is 2. The van der Waals surface area contributed by atoms with Gasteiger partial charge < -0.3 is 9.52 Å². The van der Waals surface area contributed by atoms with Crippen molar-refractivity contribution in [3.05, 3.63) is 17.8 Å². The summed E-state index contributed by atoms with van der Waals surface area (Å²) < 4.78 is 5.15. The van der Waals surface area contributed by atoms with Crippen molar-refractivity contribution in [1.82, 2.24) is 4.98 Å². The van der Waals surface area contributed by atoms with Gasteiger partial charge in [0.15, 0.2) is 0 Å². The number of aliphatic hydroxyl groups is 1. The van der Waals surface area contributed by atoms with Crippen molar-refractivity contribution in [2.75, 3.05) is 0 Å². The lowest BCUT2D eigenvalue weighted by molar-refractivity contribution is 0.240. The van der Waals surface area contributed by atoms with E-state index in [4.69, 9.17) is 9.52 Å². The highest BCUT2D eigenvalue weighted by atomic mass is 16.4. The van der Waals surface area contributed by atoms with Gasteiger partial charge in [0.05, 0.1) is 5.69 Å². The second kappa shape index (κ2) is 4.60. The number of oxazole rings is 1. The van der Waals surface area contributed by atoms with Gasteiger partial charge in [-0.3, -0.25) is 0 Å². The molecule has 1 saturated carbocycles. The first kappa shape index (κ1) is 9.71. The number of nitrogens with zero attached hydrogens (tertiary/aromatic N) is 1. The topological polar surface area (TPSA) is 46.3 Å². The van der Waals surface area contributed by atoms with Crippen LogP contribution < -0.4 is 0 Å². The zero-order valence-corrected chi connectivity index (χ0v) is 8.41. The second-order valence-electron chi connectivity index (χ2n) is 4.01. The fraction of sp³-hybridized carbons (Fsp3) is 0.727. The summed E-state index contributed by atoms with van der Waals surface area (Å²) in [5, 5.41) is 8.85. The Morgan fingerprint density at radius 1 is 1.29 bits per heavy atom. The van der Waals surface area contributed by atoms with Gasteiger partial charge >= 0.3 is 0 Å². The standard InChI is InChI=1S/C11H17NO2/c13-7-11-12-10(8-14-11)9-5-3-1-2-4-6-9/h8-9,13H,1-7H2. The van der Waals surface area contributed by atoms with E-state index >= 15 is 0 Å². The van der Waals surface area contributed by atoms with Crippen LogP contribution in [0.15, 0.2) is 10.7 Å². The molecule has 1 aromatic heterocycles. The minimum absolute atomic E-state index is 0.0906. The molecule has 1 aromatic rings. The van der Waals surface area contributed by atoms with Crippen molar-refractivity contribution >= 4 is 0 Å². The van der Waals surface area contributed by atoms with Crippen molar-refractivity contribution in [2.24, 2.45) is 0 Å². The van der Waals surface area contributed by atoms with Crippen LogP contribution in [-0.4, -0.2) is 10.1 Å². The van der Waals surface area contributed by atoms with Gasteiger partial charge in [-0.2, -0.15) is 0 Å². The maximum absolute atomic E-state index is 8.85. The summed E-state index contributed by atoms with van der Waals surface area (Å²) in [7, 11) is 0. The van der Waals surface area contributed by atoms with Gasteiger partial charge in [0.25, 0.3) is 0 Å². The molecule has 2 rings (SSSR count). The molecular weight excluding hydrogens is 178 g/mol. The summed E-state index contributed by atoms with van der Waals surface area (Å²) in [6.45, 7) is -0.0906. The lowest BCUT2D eigenvalue weighted by Gasteiger charge is -2.08. The SMILES string of the molecule is OCc1nc(C2CCCCCC2)co1. The molecule has 14 heavy (non-hydrogen) atoms. The van der Waals surface area contributed by atoms with Crippen LogP contribution in [0, 0.1) is 0 Å². The number of hydrogen-bond donors (Lipinski definition) is 1. The minimum atomic E-state index is -0.0906. The Hall–Kier alpha value is -0.830. The Kier molecular flexibility index (Phi) is 3.19. The summed E-state index contributed by atoms with van der Waals surface area (Å²) in [5.74, 6) is 1.01. The van der Waals surface area contributed by atoms with Crippen LogP contribution in [0.25, 0.3) is 0 Å². The van der Waals surface area contributed by atoms with E-state index in [9.17, 15) is 0 Å². The molecule has 1 fully saturated rings. The molecule has 1 aliphatic carbocycles. The molecule has 0 saturated heterocycles. The summed E-state index contributed by atoms with van der Waals surface area (Å²) in [5.41, 5.74) is 1.04. The molecule has 0 aliphatic heterocycles.